The third-order valence-corrected chi connectivity index (χ3v) is 3.09. The number of ether oxygens (including phenoxy) is 1. The fraction of sp³-hybridized carbons (Fsp3) is 0.250. The number of hydrogen-bond acceptors (Lipinski definition) is 3. The molecule has 0 amide bonds. The molecule has 0 aliphatic heterocycles. The molecule has 0 bridgehead atoms. The Labute approximate surface area is 113 Å². The van der Waals surface area contributed by atoms with Crippen LogP contribution >= 0.6 is 0 Å². The molecule has 100 valence electrons. The van der Waals surface area contributed by atoms with Crippen LogP contribution in [0.5, 0.6) is 17.2 Å². The average molecular weight is 258 g/mol. The highest BCUT2D eigenvalue weighted by Crippen LogP contribution is 2.27. The molecule has 0 saturated heterocycles. The molecule has 0 aliphatic carbocycles. The van der Waals surface area contributed by atoms with Gasteiger partial charge in [-0.1, -0.05) is 18.2 Å². The molecule has 2 aromatic rings. The molecule has 3 heteroatoms. The maximum absolute atomic E-state index is 9.52. The van der Waals surface area contributed by atoms with Crippen LogP contribution in [0.15, 0.2) is 42.5 Å². The monoisotopic (exact) mass is 258 g/mol. The van der Waals surface area contributed by atoms with Crippen molar-refractivity contribution in [1.29, 1.82) is 0 Å². The lowest BCUT2D eigenvalue weighted by molar-refractivity contribution is 0.373. The Morgan fingerprint density at radius 1 is 0.947 bits per heavy atom. The second-order valence-corrected chi connectivity index (χ2v) is 4.53. The number of aromatic hydroxyl groups is 2. The van der Waals surface area contributed by atoms with Gasteiger partial charge in [-0.25, -0.2) is 0 Å². The summed E-state index contributed by atoms with van der Waals surface area (Å²) >= 11 is 0. The molecule has 0 saturated carbocycles. The van der Waals surface area contributed by atoms with Gasteiger partial charge in [0.1, 0.15) is 5.75 Å². The van der Waals surface area contributed by atoms with Gasteiger partial charge in [0, 0.05) is 0 Å². The van der Waals surface area contributed by atoms with Crippen LogP contribution in [0.25, 0.3) is 0 Å². The molecule has 2 rings (SSSR count). The summed E-state index contributed by atoms with van der Waals surface area (Å²) in [6.07, 6.45) is 2.81. The SMILES string of the molecule is COc1cc(CCCc2cccc(O)c2)ccc1O. The first-order valence-corrected chi connectivity index (χ1v) is 6.33. The second-order valence-electron chi connectivity index (χ2n) is 4.53. The fourth-order valence-corrected chi connectivity index (χ4v) is 2.09. The number of methoxy groups -OCH3 is 1. The molecule has 2 aromatic carbocycles. The van der Waals surface area contributed by atoms with Gasteiger partial charge in [-0.15, -0.1) is 0 Å². The first-order chi connectivity index (χ1) is 9.19. The van der Waals surface area contributed by atoms with Gasteiger partial charge in [0.2, 0.25) is 0 Å². The van der Waals surface area contributed by atoms with Gasteiger partial charge in [-0.05, 0) is 54.7 Å². The number of phenolic OH excluding ortho intramolecular Hbond substituents is 2. The number of rotatable bonds is 5. The van der Waals surface area contributed by atoms with Crippen LogP contribution < -0.4 is 4.74 Å². The zero-order valence-corrected chi connectivity index (χ0v) is 11.0. The van der Waals surface area contributed by atoms with Gasteiger partial charge in [0.15, 0.2) is 11.5 Å². The van der Waals surface area contributed by atoms with E-state index in [1.807, 2.05) is 24.3 Å². The van der Waals surface area contributed by atoms with E-state index in [-0.39, 0.29) is 5.75 Å². The molecule has 0 unspecified atom stereocenters. The van der Waals surface area contributed by atoms with Crippen molar-refractivity contribution < 1.29 is 14.9 Å². The van der Waals surface area contributed by atoms with Gasteiger partial charge < -0.3 is 14.9 Å². The van der Waals surface area contributed by atoms with Crippen LogP contribution in [0.4, 0.5) is 0 Å². The molecule has 0 fully saturated rings. The predicted molar refractivity (Wildman–Crippen MR) is 74.8 cm³/mol. The molecule has 2 N–H and O–H groups in total. The molecular formula is C16H18O3. The van der Waals surface area contributed by atoms with Gasteiger partial charge in [0.25, 0.3) is 0 Å². The molecule has 19 heavy (non-hydrogen) atoms. The van der Waals surface area contributed by atoms with E-state index >= 15 is 0 Å². The number of hydrogen-bond donors (Lipinski definition) is 2. The minimum absolute atomic E-state index is 0.166. The van der Waals surface area contributed by atoms with Crippen LogP contribution in [0.1, 0.15) is 17.5 Å². The topological polar surface area (TPSA) is 49.7 Å². The van der Waals surface area contributed by atoms with Crippen molar-refractivity contribution >= 4 is 0 Å². The Morgan fingerprint density at radius 2 is 1.68 bits per heavy atom. The van der Waals surface area contributed by atoms with Crippen molar-refractivity contribution in [3.8, 4) is 17.2 Å². The van der Waals surface area contributed by atoms with Gasteiger partial charge in [-0.2, -0.15) is 0 Å². The van der Waals surface area contributed by atoms with Crippen LogP contribution in [0.3, 0.4) is 0 Å². The molecule has 0 aliphatic rings. The largest absolute Gasteiger partial charge is 0.508 e. The lowest BCUT2D eigenvalue weighted by Crippen LogP contribution is -1.91. The van der Waals surface area contributed by atoms with Crippen LogP contribution in [0, 0.1) is 0 Å². The molecule has 0 spiro atoms. The minimum Gasteiger partial charge on any atom is -0.508 e. The van der Waals surface area contributed by atoms with E-state index in [2.05, 4.69) is 0 Å². The standard InChI is InChI=1S/C16H18O3/c1-19-16-11-13(8-9-15(16)18)5-2-4-12-6-3-7-14(17)10-12/h3,6-11,17-18H,2,4-5H2,1H3. The van der Waals surface area contributed by atoms with E-state index < -0.39 is 0 Å². The molecule has 0 aromatic heterocycles. The van der Waals surface area contributed by atoms with Crippen molar-refractivity contribution in [2.24, 2.45) is 0 Å². The van der Waals surface area contributed by atoms with Crippen molar-refractivity contribution in [2.75, 3.05) is 7.11 Å². The highest BCUT2D eigenvalue weighted by atomic mass is 16.5. The second kappa shape index (κ2) is 6.14. The van der Waals surface area contributed by atoms with Crippen LogP contribution in [-0.2, 0) is 12.8 Å². The van der Waals surface area contributed by atoms with E-state index in [0.717, 1.165) is 30.4 Å². The molecule has 0 heterocycles. The summed E-state index contributed by atoms with van der Waals surface area (Å²) in [7, 11) is 1.55. The lowest BCUT2D eigenvalue weighted by atomic mass is 10.0. The quantitative estimate of drug-likeness (QED) is 0.865. The Bertz CT molecular complexity index is 549. The normalized spacial score (nSPS) is 10.4. The molecule has 0 atom stereocenters. The van der Waals surface area contributed by atoms with Crippen molar-refractivity contribution in [3.63, 3.8) is 0 Å². The maximum Gasteiger partial charge on any atom is 0.160 e. The number of benzene rings is 2. The summed E-state index contributed by atoms with van der Waals surface area (Å²) < 4.78 is 5.08. The van der Waals surface area contributed by atoms with Crippen LogP contribution in [-0.4, -0.2) is 17.3 Å². The summed E-state index contributed by atoms with van der Waals surface area (Å²) in [6, 6.07) is 12.7. The zero-order chi connectivity index (χ0) is 13.7. The van der Waals surface area contributed by atoms with Crippen LogP contribution in [0.2, 0.25) is 0 Å². The number of phenols is 2. The van der Waals surface area contributed by atoms with E-state index in [1.165, 1.54) is 0 Å². The third-order valence-electron chi connectivity index (χ3n) is 3.09. The Morgan fingerprint density at radius 3 is 2.37 bits per heavy atom. The summed E-state index contributed by atoms with van der Waals surface area (Å²) in [5, 5.41) is 18.9. The van der Waals surface area contributed by atoms with E-state index in [1.54, 1.807) is 25.3 Å². The minimum atomic E-state index is 0.166. The highest BCUT2D eigenvalue weighted by molar-refractivity contribution is 5.41. The Balaban J connectivity index is 1.92. The third kappa shape index (κ3) is 3.65. The summed E-state index contributed by atoms with van der Waals surface area (Å²) in [5.74, 6) is 0.984. The van der Waals surface area contributed by atoms with E-state index in [4.69, 9.17) is 4.74 Å². The average Bonchev–Trinajstić information content (AvgIpc) is 2.41. The highest BCUT2D eigenvalue weighted by Gasteiger charge is 2.03. The molecule has 3 nitrogen and oxygen atoms in total. The van der Waals surface area contributed by atoms with Crippen molar-refractivity contribution in [2.45, 2.75) is 19.3 Å². The molecular weight excluding hydrogens is 240 g/mol. The maximum atomic E-state index is 9.52. The molecule has 0 radical (unpaired) electrons. The number of aryl methyl sites for hydroxylation is 2. The van der Waals surface area contributed by atoms with E-state index in [9.17, 15) is 10.2 Å². The van der Waals surface area contributed by atoms with Crippen molar-refractivity contribution in [1.82, 2.24) is 0 Å². The fourth-order valence-electron chi connectivity index (χ4n) is 2.09. The predicted octanol–water partition coefficient (Wildman–Crippen LogP) is 3.28. The zero-order valence-electron chi connectivity index (χ0n) is 11.0. The lowest BCUT2D eigenvalue weighted by Gasteiger charge is -2.07. The van der Waals surface area contributed by atoms with Gasteiger partial charge in [-0.3, -0.25) is 0 Å². The smallest absolute Gasteiger partial charge is 0.160 e. The summed E-state index contributed by atoms with van der Waals surface area (Å²) in [4.78, 5) is 0. The summed E-state index contributed by atoms with van der Waals surface area (Å²) in [6.45, 7) is 0. The summed E-state index contributed by atoms with van der Waals surface area (Å²) in [5.41, 5.74) is 2.26. The van der Waals surface area contributed by atoms with E-state index in [0.29, 0.717) is 11.5 Å². The van der Waals surface area contributed by atoms with Crippen molar-refractivity contribution in [3.05, 3.63) is 53.6 Å². The Kier molecular flexibility index (Phi) is 4.29. The van der Waals surface area contributed by atoms with Gasteiger partial charge >= 0.3 is 0 Å². The first kappa shape index (κ1) is 13.3. The Hall–Kier alpha value is -2.16. The van der Waals surface area contributed by atoms with Gasteiger partial charge in [0.05, 0.1) is 7.11 Å². The first-order valence-electron chi connectivity index (χ1n) is 6.33.